The standard InChI is InChI=1S/C18H18Cl2N2O5S/c1-12-6-3-4-9-15(12)22(28(2,25)26)10-17(24)27-11-16(23)21-14-8-5-7-13(19)18(14)20/h3-9H,10-11H2,1-2H3,(H,21,23). The third-order valence-electron chi connectivity index (χ3n) is 3.65. The van der Waals surface area contributed by atoms with Gasteiger partial charge in [0.25, 0.3) is 5.91 Å². The van der Waals surface area contributed by atoms with Crippen LogP contribution in [0.25, 0.3) is 0 Å². The minimum absolute atomic E-state index is 0.159. The maximum atomic E-state index is 12.1. The molecule has 0 aliphatic rings. The van der Waals surface area contributed by atoms with E-state index in [1.807, 2.05) is 0 Å². The molecule has 0 bridgehead atoms. The molecule has 0 aliphatic heterocycles. The van der Waals surface area contributed by atoms with Crippen LogP contribution in [0, 0.1) is 6.92 Å². The van der Waals surface area contributed by atoms with Crippen LogP contribution in [0.15, 0.2) is 42.5 Å². The van der Waals surface area contributed by atoms with Crippen LogP contribution in [-0.2, 0) is 24.3 Å². The van der Waals surface area contributed by atoms with E-state index in [1.165, 1.54) is 6.07 Å². The van der Waals surface area contributed by atoms with Crippen molar-refractivity contribution in [3.63, 3.8) is 0 Å². The van der Waals surface area contributed by atoms with Gasteiger partial charge in [-0.25, -0.2) is 8.42 Å². The second-order valence-electron chi connectivity index (χ2n) is 5.87. The minimum atomic E-state index is -3.73. The lowest BCUT2D eigenvalue weighted by Gasteiger charge is -2.23. The van der Waals surface area contributed by atoms with Gasteiger partial charge in [0, 0.05) is 0 Å². The third kappa shape index (κ3) is 5.85. The molecule has 10 heteroatoms. The second-order valence-corrected chi connectivity index (χ2v) is 8.56. The lowest BCUT2D eigenvalue weighted by atomic mass is 10.2. The fourth-order valence-corrected chi connectivity index (χ4v) is 3.57. The Bertz CT molecular complexity index is 995. The largest absolute Gasteiger partial charge is 0.454 e. The summed E-state index contributed by atoms with van der Waals surface area (Å²) in [5.74, 6) is -1.51. The number of esters is 1. The van der Waals surface area contributed by atoms with E-state index < -0.39 is 35.1 Å². The number of anilines is 2. The van der Waals surface area contributed by atoms with Gasteiger partial charge in [0.1, 0.15) is 6.54 Å². The number of aryl methyl sites for hydroxylation is 1. The Kier molecular flexibility index (Phi) is 7.29. The number of nitrogens with zero attached hydrogens (tertiary/aromatic N) is 1. The van der Waals surface area contributed by atoms with Gasteiger partial charge in [-0.2, -0.15) is 0 Å². The minimum Gasteiger partial charge on any atom is -0.454 e. The number of amides is 1. The van der Waals surface area contributed by atoms with Gasteiger partial charge >= 0.3 is 5.97 Å². The van der Waals surface area contributed by atoms with E-state index >= 15 is 0 Å². The molecule has 2 aromatic carbocycles. The summed E-state index contributed by atoms with van der Waals surface area (Å²) in [7, 11) is -3.73. The lowest BCUT2D eigenvalue weighted by Crippen LogP contribution is -2.37. The molecule has 2 aromatic rings. The Morgan fingerprint density at radius 3 is 2.43 bits per heavy atom. The maximum Gasteiger partial charge on any atom is 0.327 e. The monoisotopic (exact) mass is 444 g/mol. The molecule has 2 rings (SSSR count). The number of carbonyl (C=O) groups excluding carboxylic acids is 2. The van der Waals surface area contributed by atoms with E-state index in [9.17, 15) is 18.0 Å². The highest BCUT2D eigenvalue weighted by molar-refractivity contribution is 7.92. The third-order valence-corrected chi connectivity index (χ3v) is 5.59. The molecule has 0 aliphatic carbocycles. The smallest absolute Gasteiger partial charge is 0.327 e. The van der Waals surface area contributed by atoms with Crippen molar-refractivity contribution in [3.8, 4) is 0 Å². The highest BCUT2D eigenvalue weighted by Gasteiger charge is 2.23. The molecule has 0 radical (unpaired) electrons. The average Bonchev–Trinajstić information content (AvgIpc) is 2.62. The fraction of sp³-hybridized carbons (Fsp3) is 0.222. The van der Waals surface area contributed by atoms with Crippen LogP contribution in [0.5, 0.6) is 0 Å². The predicted octanol–water partition coefficient (Wildman–Crippen LogP) is 3.25. The van der Waals surface area contributed by atoms with Gasteiger partial charge in [0.15, 0.2) is 6.61 Å². The maximum absolute atomic E-state index is 12.1. The van der Waals surface area contributed by atoms with Crippen LogP contribution in [0.3, 0.4) is 0 Å². The van der Waals surface area contributed by atoms with Gasteiger partial charge in [0.05, 0.1) is 27.7 Å². The van der Waals surface area contributed by atoms with Crippen molar-refractivity contribution in [2.24, 2.45) is 0 Å². The summed E-state index contributed by atoms with van der Waals surface area (Å²) >= 11 is 11.8. The zero-order chi connectivity index (χ0) is 20.9. The van der Waals surface area contributed by atoms with Gasteiger partial charge in [-0.1, -0.05) is 47.5 Å². The number of carbonyl (C=O) groups is 2. The van der Waals surface area contributed by atoms with Crippen LogP contribution in [0.1, 0.15) is 5.56 Å². The summed E-state index contributed by atoms with van der Waals surface area (Å²) in [5, 5.41) is 2.89. The SMILES string of the molecule is Cc1ccccc1N(CC(=O)OCC(=O)Nc1cccc(Cl)c1Cl)S(C)(=O)=O. The number of para-hydroxylation sites is 1. The molecule has 0 unspecified atom stereocenters. The van der Waals surface area contributed by atoms with E-state index in [0.29, 0.717) is 11.3 Å². The fourth-order valence-electron chi connectivity index (χ4n) is 2.32. The summed E-state index contributed by atoms with van der Waals surface area (Å²) in [6, 6.07) is 11.4. The second kappa shape index (κ2) is 9.27. The predicted molar refractivity (Wildman–Crippen MR) is 109 cm³/mol. The van der Waals surface area contributed by atoms with E-state index in [-0.39, 0.29) is 15.7 Å². The zero-order valence-corrected chi connectivity index (χ0v) is 17.4. The number of halogens is 2. The molecular weight excluding hydrogens is 427 g/mol. The van der Waals surface area contributed by atoms with Crippen molar-refractivity contribution in [1.82, 2.24) is 0 Å². The molecule has 0 aromatic heterocycles. The Morgan fingerprint density at radius 2 is 1.79 bits per heavy atom. The number of sulfonamides is 1. The Balaban J connectivity index is 2.01. The number of benzene rings is 2. The molecule has 150 valence electrons. The van der Waals surface area contributed by atoms with Gasteiger partial charge in [-0.3, -0.25) is 13.9 Å². The van der Waals surface area contributed by atoms with Gasteiger partial charge < -0.3 is 10.1 Å². The van der Waals surface area contributed by atoms with Gasteiger partial charge in [0.2, 0.25) is 10.0 Å². The molecule has 0 saturated carbocycles. The van der Waals surface area contributed by atoms with Gasteiger partial charge in [-0.15, -0.1) is 0 Å². The molecule has 0 spiro atoms. The number of hydrogen-bond donors (Lipinski definition) is 1. The highest BCUT2D eigenvalue weighted by Crippen LogP contribution is 2.29. The summed E-state index contributed by atoms with van der Waals surface area (Å²) in [4.78, 5) is 24.1. The van der Waals surface area contributed by atoms with Crippen molar-refractivity contribution in [1.29, 1.82) is 0 Å². The van der Waals surface area contributed by atoms with E-state index in [0.717, 1.165) is 10.6 Å². The molecular formula is C18H18Cl2N2O5S. The van der Waals surface area contributed by atoms with Crippen LogP contribution < -0.4 is 9.62 Å². The molecule has 28 heavy (non-hydrogen) atoms. The summed E-state index contributed by atoms with van der Waals surface area (Å²) in [5.41, 5.74) is 1.30. The summed E-state index contributed by atoms with van der Waals surface area (Å²) in [6.45, 7) is 0.558. The highest BCUT2D eigenvalue weighted by atomic mass is 35.5. The number of ether oxygens (including phenoxy) is 1. The van der Waals surface area contributed by atoms with Crippen molar-refractivity contribution in [2.45, 2.75) is 6.92 Å². The molecule has 1 amide bonds. The summed E-state index contributed by atoms with van der Waals surface area (Å²) < 4.78 is 30.0. The molecule has 0 atom stereocenters. The first-order valence-electron chi connectivity index (χ1n) is 8.02. The van der Waals surface area contributed by atoms with Crippen LogP contribution in [0.4, 0.5) is 11.4 Å². The number of nitrogens with one attached hydrogen (secondary N) is 1. The van der Waals surface area contributed by atoms with Crippen molar-refractivity contribution in [3.05, 3.63) is 58.1 Å². The molecule has 0 fully saturated rings. The molecule has 0 saturated heterocycles. The van der Waals surface area contributed by atoms with Crippen molar-refractivity contribution < 1.29 is 22.7 Å². The lowest BCUT2D eigenvalue weighted by molar-refractivity contribution is -0.145. The van der Waals surface area contributed by atoms with Crippen molar-refractivity contribution in [2.75, 3.05) is 29.0 Å². The zero-order valence-electron chi connectivity index (χ0n) is 15.1. The molecule has 0 heterocycles. The Hall–Kier alpha value is -2.29. The Labute approximate surface area is 173 Å². The van der Waals surface area contributed by atoms with E-state index in [4.69, 9.17) is 27.9 Å². The normalized spacial score (nSPS) is 11.0. The Morgan fingerprint density at radius 1 is 1.11 bits per heavy atom. The van der Waals surface area contributed by atoms with Crippen LogP contribution in [0.2, 0.25) is 10.0 Å². The topological polar surface area (TPSA) is 92.8 Å². The number of rotatable bonds is 7. The van der Waals surface area contributed by atoms with Gasteiger partial charge in [-0.05, 0) is 30.7 Å². The first kappa shape index (κ1) is 22.0. The number of hydrogen-bond acceptors (Lipinski definition) is 5. The first-order chi connectivity index (χ1) is 13.1. The first-order valence-corrected chi connectivity index (χ1v) is 10.6. The average molecular weight is 445 g/mol. The van der Waals surface area contributed by atoms with E-state index in [1.54, 1.807) is 43.3 Å². The molecule has 7 nitrogen and oxygen atoms in total. The van der Waals surface area contributed by atoms with E-state index in [2.05, 4.69) is 5.32 Å². The molecule has 1 N–H and O–H groups in total. The van der Waals surface area contributed by atoms with Crippen LogP contribution >= 0.6 is 23.2 Å². The summed E-state index contributed by atoms with van der Waals surface area (Å²) in [6.07, 6.45) is 0.987. The van der Waals surface area contributed by atoms with Crippen LogP contribution in [-0.4, -0.2) is 39.7 Å². The van der Waals surface area contributed by atoms with Crippen molar-refractivity contribution >= 4 is 56.5 Å². The quantitative estimate of drug-likeness (QED) is 0.661.